The van der Waals surface area contributed by atoms with Gasteiger partial charge in [-0.3, -0.25) is 4.79 Å². The molecular formula is C33H53F3O. The van der Waals surface area contributed by atoms with E-state index in [1.54, 1.807) is 0 Å². The normalized spacial score (nSPS) is 51.3. The summed E-state index contributed by atoms with van der Waals surface area (Å²) in [5.74, 6) is 1.05. The van der Waals surface area contributed by atoms with Crippen molar-refractivity contribution in [2.75, 3.05) is 0 Å². The highest BCUT2D eigenvalue weighted by Gasteiger charge is 2.70. The van der Waals surface area contributed by atoms with Gasteiger partial charge in [-0.2, -0.15) is 13.2 Å². The van der Waals surface area contributed by atoms with E-state index in [0.717, 1.165) is 31.1 Å². The first-order chi connectivity index (χ1) is 17.0. The van der Waals surface area contributed by atoms with Crippen LogP contribution < -0.4 is 0 Å². The number of fused-ring (bicyclic) bond motifs is 7. The number of ketones is 1. The predicted octanol–water partition coefficient (Wildman–Crippen LogP) is 10.2. The van der Waals surface area contributed by atoms with Crippen LogP contribution in [0.2, 0.25) is 0 Å². The number of hydrogen-bond donors (Lipinski definition) is 0. The molecule has 0 saturated heterocycles. The summed E-state index contributed by atoms with van der Waals surface area (Å²) in [6.45, 7) is 17.2. The van der Waals surface area contributed by atoms with Crippen LogP contribution in [0, 0.1) is 56.2 Å². The Labute approximate surface area is 224 Å². The Morgan fingerprint density at radius 2 is 1.46 bits per heavy atom. The molecule has 5 aliphatic rings. The Hall–Kier alpha value is -0.540. The highest BCUT2D eigenvalue weighted by Crippen LogP contribution is 2.78. The van der Waals surface area contributed by atoms with Gasteiger partial charge in [-0.15, -0.1) is 0 Å². The fourth-order valence-electron chi connectivity index (χ4n) is 12.5. The van der Waals surface area contributed by atoms with E-state index in [1.807, 2.05) is 6.92 Å². The van der Waals surface area contributed by atoms with Gasteiger partial charge in [0.1, 0.15) is 0 Å². The SMILES string of the molecule is CC[C@@]12CC[C@H]3C(C)(C)CCC[C@]3(C)[C@H]1CC[C@@H]1[C@@H]3C[C@](C)(CC(=O)C(F)(F)F)CC[C@]3(C)CC[C@]12C. The molecule has 1 nitrogen and oxygen atoms in total. The van der Waals surface area contributed by atoms with Crippen LogP contribution in [0.25, 0.3) is 0 Å². The molecule has 0 radical (unpaired) electrons. The molecule has 0 heterocycles. The molecule has 4 heteroatoms. The van der Waals surface area contributed by atoms with Gasteiger partial charge in [-0.05, 0) is 133 Å². The summed E-state index contributed by atoms with van der Waals surface area (Å²) in [5.41, 5.74) is 1.10. The van der Waals surface area contributed by atoms with Gasteiger partial charge in [0.05, 0.1) is 0 Å². The van der Waals surface area contributed by atoms with Crippen LogP contribution in [0.15, 0.2) is 0 Å². The Kier molecular flexibility index (Phi) is 6.42. The highest BCUT2D eigenvalue weighted by atomic mass is 19.4. The molecule has 9 atom stereocenters. The summed E-state index contributed by atoms with van der Waals surface area (Å²) in [6.07, 6.45) is 10.5. The van der Waals surface area contributed by atoms with Crippen LogP contribution in [0.4, 0.5) is 13.2 Å². The first-order valence-electron chi connectivity index (χ1n) is 15.6. The largest absolute Gasteiger partial charge is 0.449 e. The second kappa shape index (κ2) is 8.48. The van der Waals surface area contributed by atoms with Gasteiger partial charge in [-0.1, -0.05) is 54.9 Å². The predicted molar refractivity (Wildman–Crippen MR) is 144 cm³/mol. The van der Waals surface area contributed by atoms with Crippen LogP contribution in [0.1, 0.15) is 138 Å². The maximum Gasteiger partial charge on any atom is 0.449 e. The lowest BCUT2D eigenvalue weighted by Crippen LogP contribution is -2.66. The summed E-state index contributed by atoms with van der Waals surface area (Å²) in [5, 5.41) is 0. The number of carbonyl (C=O) groups is 1. The van der Waals surface area contributed by atoms with Crippen LogP contribution in [-0.2, 0) is 4.79 Å². The molecule has 0 aromatic carbocycles. The average molecular weight is 523 g/mol. The molecule has 0 amide bonds. The van der Waals surface area contributed by atoms with Crippen LogP contribution in [0.3, 0.4) is 0 Å². The Morgan fingerprint density at radius 3 is 2.11 bits per heavy atom. The van der Waals surface area contributed by atoms with Gasteiger partial charge >= 0.3 is 6.18 Å². The first kappa shape index (κ1) is 28.0. The van der Waals surface area contributed by atoms with Crippen molar-refractivity contribution >= 4 is 5.78 Å². The van der Waals surface area contributed by atoms with Crippen molar-refractivity contribution in [1.82, 2.24) is 0 Å². The molecule has 5 aliphatic carbocycles. The molecule has 5 saturated carbocycles. The molecule has 0 aliphatic heterocycles. The molecule has 212 valence electrons. The molecule has 0 N–H and O–H groups in total. The van der Waals surface area contributed by atoms with E-state index in [1.165, 1.54) is 64.2 Å². The second-order valence-corrected chi connectivity index (χ2v) is 16.5. The lowest BCUT2D eigenvalue weighted by molar-refractivity contribution is -0.252. The van der Waals surface area contributed by atoms with Crippen LogP contribution >= 0.6 is 0 Å². The van der Waals surface area contributed by atoms with Gasteiger partial charge in [0.25, 0.3) is 0 Å². The summed E-state index contributed by atoms with van der Waals surface area (Å²) in [6, 6.07) is 0. The lowest BCUT2D eigenvalue weighted by Gasteiger charge is -2.74. The molecule has 5 rings (SSSR count). The van der Waals surface area contributed by atoms with Gasteiger partial charge < -0.3 is 0 Å². The first-order valence-corrected chi connectivity index (χ1v) is 15.6. The summed E-state index contributed by atoms with van der Waals surface area (Å²) < 4.78 is 39.8. The zero-order valence-electron chi connectivity index (χ0n) is 24.8. The van der Waals surface area contributed by atoms with Gasteiger partial charge in [0.15, 0.2) is 0 Å². The van der Waals surface area contributed by atoms with E-state index >= 15 is 0 Å². The number of carbonyl (C=O) groups excluding carboxylic acids is 1. The summed E-state index contributed by atoms with van der Waals surface area (Å²) in [4.78, 5) is 12.1. The van der Waals surface area contributed by atoms with E-state index in [9.17, 15) is 18.0 Å². The topological polar surface area (TPSA) is 17.1 Å². The zero-order chi connectivity index (χ0) is 27.3. The minimum atomic E-state index is -4.71. The maximum absolute atomic E-state index is 13.3. The van der Waals surface area contributed by atoms with E-state index in [4.69, 9.17) is 0 Å². The number of rotatable bonds is 3. The fourth-order valence-corrected chi connectivity index (χ4v) is 12.5. The van der Waals surface area contributed by atoms with Crippen LogP contribution in [0.5, 0.6) is 0 Å². The van der Waals surface area contributed by atoms with Crippen molar-refractivity contribution < 1.29 is 18.0 Å². The monoisotopic (exact) mass is 522 g/mol. The summed E-state index contributed by atoms with van der Waals surface area (Å²) >= 11 is 0. The van der Waals surface area contributed by atoms with E-state index in [0.29, 0.717) is 28.1 Å². The minimum Gasteiger partial charge on any atom is -0.290 e. The maximum atomic E-state index is 13.3. The van der Waals surface area contributed by atoms with Crippen molar-refractivity contribution in [2.24, 2.45) is 56.2 Å². The van der Waals surface area contributed by atoms with Gasteiger partial charge in [-0.25, -0.2) is 0 Å². The number of alkyl halides is 3. The molecule has 0 unspecified atom stereocenters. The van der Waals surface area contributed by atoms with Gasteiger partial charge in [0, 0.05) is 6.42 Å². The molecule has 0 bridgehead atoms. The Balaban J connectivity index is 1.49. The Bertz CT molecular complexity index is 923. The third kappa shape index (κ3) is 3.93. The van der Waals surface area contributed by atoms with E-state index < -0.39 is 17.4 Å². The zero-order valence-corrected chi connectivity index (χ0v) is 24.8. The number of hydrogen-bond acceptors (Lipinski definition) is 1. The van der Waals surface area contributed by atoms with Crippen molar-refractivity contribution in [3.8, 4) is 0 Å². The molecule has 5 fully saturated rings. The number of halogens is 3. The highest BCUT2D eigenvalue weighted by molar-refractivity contribution is 5.84. The average Bonchev–Trinajstić information content (AvgIpc) is 2.79. The fraction of sp³-hybridized carbons (Fsp3) is 0.970. The minimum absolute atomic E-state index is 0.209. The molecule has 0 spiro atoms. The smallest absolute Gasteiger partial charge is 0.290 e. The third-order valence-electron chi connectivity index (χ3n) is 14.5. The summed E-state index contributed by atoms with van der Waals surface area (Å²) in [7, 11) is 0. The quantitative estimate of drug-likeness (QED) is 0.360. The third-order valence-corrected chi connectivity index (χ3v) is 14.5. The molecule has 0 aromatic heterocycles. The van der Waals surface area contributed by atoms with Crippen molar-refractivity contribution in [1.29, 1.82) is 0 Å². The Morgan fingerprint density at radius 1 is 0.784 bits per heavy atom. The molecular weight excluding hydrogens is 469 g/mol. The van der Waals surface area contributed by atoms with Crippen molar-refractivity contribution in [3.05, 3.63) is 0 Å². The van der Waals surface area contributed by atoms with E-state index in [-0.39, 0.29) is 17.3 Å². The van der Waals surface area contributed by atoms with Gasteiger partial charge in [0.2, 0.25) is 5.78 Å². The second-order valence-electron chi connectivity index (χ2n) is 16.5. The van der Waals surface area contributed by atoms with Crippen LogP contribution in [-0.4, -0.2) is 12.0 Å². The van der Waals surface area contributed by atoms with Crippen molar-refractivity contribution in [2.45, 2.75) is 145 Å². The molecule has 37 heavy (non-hydrogen) atoms. The lowest BCUT2D eigenvalue weighted by atomic mass is 9.31. The number of Topliss-reactive ketones (excluding diaryl/α,β-unsaturated/α-hetero) is 1. The van der Waals surface area contributed by atoms with Crippen molar-refractivity contribution in [3.63, 3.8) is 0 Å². The standard InChI is InChI=1S/C33H53F3O/c1-8-32-15-12-24-27(2,3)13-9-14-30(24,6)25(32)11-10-22-23-20-28(4,21-26(37)33(34,35)36)16-17-29(23,5)18-19-31(22,32)7/h22-25H,8-21H2,1-7H3/t22-,23+,24+,25-,28-,29-,30+,31-,32-/m1/s1. The van der Waals surface area contributed by atoms with E-state index in [2.05, 4.69) is 41.5 Å². The molecule has 0 aromatic rings.